The molecule has 3 rings (SSSR count). The first-order valence-electron chi connectivity index (χ1n) is 7.20. The number of ether oxygens (including phenoxy) is 1. The number of imide groups is 1. The van der Waals surface area contributed by atoms with Crippen LogP contribution in [0.2, 0.25) is 10.0 Å². The van der Waals surface area contributed by atoms with Crippen LogP contribution in [0, 0.1) is 0 Å². The molecule has 0 saturated heterocycles. The Kier molecular flexibility index (Phi) is 4.61. The molecule has 1 heterocycles. The van der Waals surface area contributed by atoms with Crippen molar-refractivity contribution in [1.29, 1.82) is 0 Å². The lowest BCUT2D eigenvalue weighted by Gasteiger charge is -2.09. The van der Waals surface area contributed by atoms with Crippen molar-refractivity contribution < 1.29 is 19.1 Å². The van der Waals surface area contributed by atoms with Gasteiger partial charge in [-0.3, -0.25) is 14.5 Å². The van der Waals surface area contributed by atoms with Crippen molar-refractivity contribution in [2.75, 3.05) is 6.54 Å². The molecule has 0 bridgehead atoms. The van der Waals surface area contributed by atoms with Gasteiger partial charge in [0.05, 0.1) is 21.7 Å². The molecule has 0 saturated carbocycles. The van der Waals surface area contributed by atoms with Gasteiger partial charge in [0.1, 0.15) is 0 Å². The summed E-state index contributed by atoms with van der Waals surface area (Å²) in [7, 11) is 0. The fourth-order valence-corrected chi connectivity index (χ4v) is 2.75. The van der Waals surface area contributed by atoms with Crippen LogP contribution in [0.15, 0.2) is 49.1 Å². The van der Waals surface area contributed by atoms with E-state index in [9.17, 15) is 14.4 Å². The first-order chi connectivity index (χ1) is 11.9. The minimum atomic E-state index is -0.714. The predicted molar refractivity (Wildman–Crippen MR) is 93.4 cm³/mol. The van der Waals surface area contributed by atoms with Crippen LogP contribution in [0.25, 0.3) is 0 Å². The second-order valence-corrected chi connectivity index (χ2v) is 6.08. The molecule has 0 unspecified atom stereocenters. The maximum Gasteiger partial charge on any atom is 0.343 e. The van der Waals surface area contributed by atoms with Gasteiger partial charge in [-0.05, 0) is 30.3 Å². The van der Waals surface area contributed by atoms with E-state index in [2.05, 4.69) is 6.58 Å². The van der Waals surface area contributed by atoms with Crippen molar-refractivity contribution in [1.82, 2.24) is 4.90 Å². The third kappa shape index (κ3) is 3.16. The highest BCUT2D eigenvalue weighted by Gasteiger charge is 2.35. The molecule has 2 aromatic rings. The summed E-state index contributed by atoms with van der Waals surface area (Å²) in [5.41, 5.74) is 0.513. The van der Waals surface area contributed by atoms with Crippen LogP contribution in [-0.4, -0.2) is 29.2 Å². The number of fused-ring (bicyclic) bond motifs is 1. The molecule has 126 valence electrons. The Morgan fingerprint density at radius 1 is 1.08 bits per heavy atom. The number of halogens is 2. The third-order valence-corrected chi connectivity index (χ3v) is 4.16. The predicted octanol–water partition coefficient (Wildman–Crippen LogP) is 3.99. The number of carbonyl (C=O) groups excluding carboxylic acids is 3. The summed E-state index contributed by atoms with van der Waals surface area (Å²) in [4.78, 5) is 37.8. The van der Waals surface area contributed by atoms with E-state index < -0.39 is 17.8 Å². The van der Waals surface area contributed by atoms with Crippen molar-refractivity contribution in [3.05, 3.63) is 75.8 Å². The number of esters is 1. The van der Waals surface area contributed by atoms with Gasteiger partial charge in [-0.15, -0.1) is 6.58 Å². The lowest BCUT2D eigenvalue weighted by Crippen LogP contribution is -2.29. The average Bonchev–Trinajstić information content (AvgIpc) is 2.83. The first kappa shape index (κ1) is 17.2. The smallest absolute Gasteiger partial charge is 0.343 e. The van der Waals surface area contributed by atoms with Crippen LogP contribution in [0.4, 0.5) is 0 Å². The lowest BCUT2D eigenvalue weighted by molar-refractivity contribution is 0.0671. The Balaban J connectivity index is 1.89. The SMILES string of the molecule is C=CCN1C(=O)c2ccc(C(=O)Oc3cc(Cl)ccc3Cl)cc2C1=O. The van der Waals surface area contributed by atoms with Gasteiger partial charge in [-0.25, -0.2) is 4.79 Å². The van der Waals surface area contributed by atoms with Crippen LogP contribution < -0.4 is 4.74 Å². The summed E-state index contributed by atoms with van der Waals surface area (Å²) in [6, 6.07) is 8.66. The molecule has 0 N–H and O–H groups in total. The second-order valence-electron chi connectivity index (χ2n) is 5.23. The van der Waals surface area contributed by atoms with Crippen LogP contribution >= 0.6 is 23.2 Å². The summed E-state index contributed by atoms with van der Waals surface area (Å²) in [5, 5.41) is 0.587. The Labute approximate surface area is 153 Å². The van der Waals surface area contributed by atoms with Crippen LogP contribution in [-0.2, 0) is 0 Å². The number of nitrogens with zero attached hydrogens (tertiary/aromatic N) is 1. The van der Waals surface area contributed by atoms with E-state index in [1.165, 1.54) is 36.4 Å². The normalized spacial score (nSPS) is 13.0. The lowest BCUT2D eigenvalue weighted by atomic mass is 10.1. The van der Waals surface area contributed by atoms with E-state index in [1.54, 1.807) is 6.07 Å². The maximum atomic E-state index is 12.3. The third-order valence-electron chi connectivity index (χ3n) is 3.61. The molecule has 25 heavy (non-hydrogen) atoms. The Bertz CT molecular complexity index is 923. The molecule has 2 amide bonds. The molecule has 1 aliphatic heterocycles. The zero-order valence-electron chi connectivity index (χ0n) is 12.8. The van der Waals surface area contributed by atoms with Gasteiger partial charge in [0.25, 0.3) is 11.8 Å². The van der Waals surface area contributed by atoms with E-state index in [4.69, 9.17) is 27.9 Å². The van der Waals surface area contributed by atoms with E-state index >= 15 is 0 Å². The standard InChI is InChI=1S/C18H11Cl2NO4/c1-2-7-21-16(22)12-5-3-10(8-13(12)17(21)23)18(24)25-15-9-11(19)4-6-14(15)20/h2-6,8-9H,1,7H2. The molecule has 0 aliphatic carbocycles. The number of carbonyl (C=O) groups is 3. The first-order valence-corrected chi connectivity index (χ1v) is 7.96. The van der Waals surface area contributed by atoms with Gasteiger partial charge in [0.2, 0.25) is 0 Å². The zero-order chi connectivity index (χ0) is 18.1. The van der Waals surface area contributed by atoms with Crippen molar-refractivity contribution in [3.8, 4) is 5.75 Å². The molecule has 0 atom stereocenters. The quantitative estimate of drug-likeness (QED) is 0.350. The summed E-state index contributed by atoms with van der Waals surface area (Å²) in [6.07, 6.45) is 1.46. The molecule has 7 heteroatoms. The molecule has 0 spiro atoms. The monoisotopic (exact) mass is 375 g/mol. The summed E-state index contributed by atoms with van der Waals surface area (Å²) >= 11 is 11.8. The van der Waals surface area contributed by atoms with E-state index in [0.29, 0.717) is 5.02 Å². The van der Waals surface area contributed by atoms with Gasteiger partial charge < -0.3 is 4.74 Å². The van der Waals surface area contributed by atoms with E-state index in [-0.39, 0.29) is 34.0 Å². The Hall–Kier alpha value is -2.63. The van der Waals surface area contributed by atoms with Crippen molar-refractivity contribution in [3.63, 3.8) is 0 Å². The van der Waals surface area contributed by atoms with Gasteiger partial charge in [0, 0.05) is 17.6 Å². The molecule has 0 radical (unpaired) electrons. The highest BCUT2D eigenvalue weighted by atomic mass is 35.5. The number of hydrogen-bond donors (Lipinski definition) is 0. The molecular formula is C18H11Cl2NO4. The number of hydrogen-bond acceptors (Lipinski definition) is 4. The largest absolute Gasteiger partial charge is 0.421 e. The molecule has 0 aromatic heterocycles. The van der Waals surface area contributed by atoms with Crippen molar-refractivity contribution in [2.45, 2.75) is 0 Å². The van der Waals surface area contributed by atoms with Crippen LogP contribution in [0.3, 0.4) is 0 Å². The van der Waals surface area contributed by atoms with E-state index in [0.717, 1.165) is 4.90 Å². The molecule has 0 fully saturated rings. The Morgan fingerprint density at radius 2 is 1.80 bits per heavy atom. The molecule has 2 aromatic carbocycles. The fraction of sp³-hybridized carbons (Fsp3) is 0.0556. The highest BCUT2D eigenvalue weighted by molar-refractivity contribution is 6.34. The molecule has 5 nitrogen and oxygen atoms in total. The second kappa shape index (κ2) is 6.70. The fourth-order valence-electron chi connectivity index (χ4n) is 2.43. The van der Waals surface area contributed by atoms with Gasteiger partial charge in [-0.2, -0.15) is 0 Å². The summed E-state index contributed by atoms with van der Waals surface area (Å²) < 4.78 is 5.23. The zero-order valence-corrected chi connectivity index (χ0v) is 14.3. The van der Waals surface area contributed by atoms with Crippen molar-refractivity contribution in [2.24, 2.45) is 0 Å². The minimum absolute atomic E-state index is 0.101. The number of rotatable bonds is 4. The van der Waals surface area contributed by atoms with Crippen LogP contribution in [0.1, 0.15) is 31.1 Å². The molecular weight excluding hydrogens is 365 g/mol. The number of amides is 2. The topological polar surface area (TPSA) is 63.7 Å². The average molecular weight is 376 g/mol. The van der Waals surface area contributed by atoms with Gasteiger partial charge >= 0.3 is 5.97 Å². The van der Waals surface area contributed by atoms with Gasteiger partial charge in [0.15, 0.2) is 5.75 Å². The summed E-state index contributed by atoms with van der Waals surface area (Å²) in [5.74, 6) is -1.50. The summed E-state index contributed by atoms with van der Waals surface area (Å²) in [6.45, 7) is 3.62. The molecule has 1 aliphatic rings. The van der Waals surface area contributed by atoms with Crippen LogP contribution in [0.5, 0.6) is 5.75 Å². The van der Waals surface area contributed by atoms with Gasteiger partial charge in [-0.1, -0.05) is 29.3 Å². The number of benzene rings is 2. The maximum absolute atomic E-state index is 12.3. The Morgan fingerprint density at radius 3 is 2.52 bits per heavy atom. The van der Waals surface area contributed by atoms with E-state index in [1.807, 2.05) is 0 Å². The highest BCUT2D eigenvalue weighted by Crippen LogP contribution is 2.29. The minimum Gasteiger partial charge on any atom is -0.421 e. The van der Waals surface area contributed by atoms with Crippen molar-refractivity contribution >= 4 is 41.0 Å².